The van der Waals surface area contributed by atoms with E-state index in [-0.39, 0.29) is 5.75 Å². The Morgan fingerprint density at radius 1 is 1.10 bits per heavy atom. The SMILES string of the molecule is COc1ccc(N=Cc2cc(Cl)ccc2O)c(OC)c1. The molecule has 0 radical (unpaired) electrons. The molecule has 0 amide bonds. The number of hydrogen-bond donors (Lipinski definition) is 1. The van der Waals surface area contributed by atoms with Gasteiger partial charge in [-0.25, -0.2) is 0 Å². The Labute approximate surface area is 122 Å². The van der Waals surface area contributed by atoms with Crippen molar-refractivity contribution in [1.29, 1.82) is 0 Å². The smallest absolute Gasteiger partial charge is 0.148 e. The van der Waals surface area contributed by atoms with Crippen LogP contribution >= 0.6 is 11.6 Å². The number of phenolic OH excluding ortho intramolecular Hbond substituents is 1. The van der Waals surface area contributed by atoms with Crippen LogP contribution in [0.5, 0.6) is 17.2 Å². The van der Waals surface area contributed by atoms with E-state index in [0.717, 1.165) is 0 Å². The monoisotopic (exact) mass is 291 g/mol. The second kappa shape index (κ2) is 6.30. The first-order valence-electron chi connectivity index (χ1n) is 5.88. The number of ether oxygens (including phenoxy) is 2. The highest BCUT2D eigenvalue weighted by Gasteiger charge is 2.04. The molecule has 2 aromatic rings. The van der Waals surface area contributed by atoms with Crippen molar-refractivity contribution in [3.05, 3.63) is 47.0 Å². The zero-order valence-corrected chi connectivity index (χ0v) is 11.9. The van der Waals surface area contributed by atoms with Gasteiger partial charge in [0, 0.05) is 22.9 Å². The van der Waals surface area contributed by atoms with Crippen LogP contribution in [0.1, 0.15) is 5.56 Å². The maximum absolute atomic E-state index is 9.72. The third kappa shape index (κ3) is 3.22. The summed E-state index contributed by atoms with van der Waals surface area (Å²) < 4.78 is 10.4. The maximum atomic E-state index is 9.72. The third-order valence-corrected chi connectivity index (χ3v) is 2.95. The van der Waals surface area contributed by atoms with Gasteiger partial charge in [0.15, 0.2) is 0 Å². The highest BCUT2D eigenvalue weighted by molar-refractivity contribution is 6.30. The summed E-state index contributed by atoms with van der Waals surface area (Å²) in [7, 11) is 3.15. The first-order chi connectivity index (χ1) is 9.63. The van der Waals surface area contributed by atoms with Gasteiger partial charge in [-0.2, -0.15) is 0 Å². The zero-order valence-electron chi connectivity index (χ0n) is 11.1. The van der Waals surface area contributed by atoms with Gasteiger partial charge in [0.2, 0.25) is 0 Å². The summed E-state index contributed by atoms with van der Waals surface area (Å²) in [5.41, 5.74) is 1.17. The highest BCUT2D eigenvalue weighted by atomic mass is 35.5. The van der Waals surface area contributed by atoms with Crippen LogP contribution in [0, 0.1) is 0 Å². The highest BCUT2D eigenvalue weighted by Crippen LogP contribution is 2.31. The standard InChI is InChI=1S/C15H14ClNO3/c1-19-12-4-5-13(15(8-12)20-2)17-9-10-7-11(16)3-6-14(10)18/h3-9,18H,1-2H3. The van der Waals surface area contributed by atoms with Crippen molar-refractivity contribution in [2.24, 2.45) is 4.99 Å². The molecule has 0 aliphatic rings. The number of nitrogens with zero attached hydrogens (tertiary/aromatic N) is 1. The van der Waals surface area contributed by atoms with Gasteiger partial charge in [-0.3, -0.25) is 4.99 Å². The molecule has 0 aromatic heterocycles. The van der Waals surface area contributed by atoms with E-state index in [4.69, 9.17) is 21.1 Å². The number of aliphatic imine (C=N–C) groups is 1. The van der Waals surface area contributed by atoms with E-state index >= 15 is 0 Å². The minimum atomic E-state index is 0.116. The summed E-state index contributed by atoms with van der Waals surface area (Å²) in [5, 5.41) is 10.3. The van der Waals surface area contributed by atoms with Gasteiger partial charge in [0.05, 0.1) is 14.2 Å². The fourth-order valence-electron chi connectivity index (χ4n) is 1.66. The number of benzene rings is 2. The topological polar surface area (TPSA) is 51.0 Å². The first-order valence-corrected chi connectivity index (χ1v) is 6.26. The molecule has 4 nitrogen and oxygen atoms in total. The Morgan fingerprint density at radius 3 is 2.60 bits per heavy atom. The number of hydrogen-bond acceptors (Lipinski definition) is 4. The van der Waals surface area contributed by atoms with Crippen LogP contribution in [0.3, 0.4) is 0 Å². The van der Waals surface area contributed by atoms with Crippen LogP contribution in [0.25, 0.3) is 0 Å². The Hall–Kier alpha value is -2.20. The van der Waals surface area contributed by atoms with Crippen molar-refractivity contribution in [3.63, 3.8) is 0 Å². The summed E-state index contributed by atoms with van der Waals surface area (Å²) in [5.74, 6) is 1.39. The van der Waals surface area contributed by atoms with Crippen molar-refractivity contribution in [1.82, 2.24) is 0 Å². The zero-order chi connectivity index (χ0) is 14.5. The average Bonchev–Trinajstić information content (AvgIpc) is 2.48. The van der Waals surface area contributed by atoms with Gasteiger partial charge < -0.3 is 14.6 Å². The molecule has 0 saturated heterocycles. The molecule has 0 spiro atoms. The minimum Gasteiger partial charge on any atom is -0.507 e. The molecule has 0 bridgehead atoms. The lowest BCUT2D eigenvalue weighted by atomic mass is 10.2. The molecule has 0 heterocycles. The van der Waals surface area contributed by atoms with Crippen molar-refractivity contribution in [3.8, 4) is 17.2 Å². The lowest BCUT2D eigenvalue weighted by Gasteiger charge is -2.06. The molecule has 0 fully saturated rings. The van der Waals surface area contributed by atoms with Gasteiger partial charge in [0.1, 0.15) is 22.9 Å². The van der Waals surface area contributed by atoms with Gasteiger partial charge in [-0.1, -0.05) is 11.6 Å². The van der Waals surface area contributed by atoms with Crippen LogP contribution in [0.4, 0.5) is 5.69 Å². The summed E-state index contributed by atoms with van der Waals surface area (Å²) in [6, 6.07) is 10.1. The molecular formula is C15H14ClNO3. The summed E-state index contributed by atoms with van der Waals surface area (Å²) >= 11 is 5.88. The number of methoxy groups -OCH3 is 2. The fraction of sp³-hybridized carbons (Fsp3) is 0.133. The second-order valence-electron chi connectivity index (χ2n) is 4.00. The lowest BCUT2D eigenvalue weighted by Crippen LogP contribution is -1.88. The molecule has 5 heteroatoms. The first kappa shape index (κ1) is 14.2. The minimum absolute atomic E-state index is 0.116. The predicted molar refractivity (Wildman–Crippen MR) is 79.9 cm³/mol. The Kier molecular flexibility index (Phi) is 4.48. The Balaban J connectivity index is 2.33. The van der Waals surface area contributed by atoms with E-state index < -0.39 is 0 Å². The summed E-state index contributed by atoms with van der Waals surface area (Å²) in [6.45, 7) is 0. The largest absolute Gasteiger partial charge is 0.507 e. The van der Waals surface area contributed by atoms with Crippen LogP contribution in [0.15, 0.2) is 41.4 Å². The molecular weight excluding hydrogens is 278 g/mol. The summed E-state index contributed by atoms with van der Waals surface area (Å²) in [4.78, 5) is 4.30. The lowest BCUT2D eigenvalue weighted by molar-refractivity contribution is 0.395. The molecule has 0 aliphatic carbocycles. The van der Waals surface area contributed by atoms with Crippen molar-refractivity contribution >= 4 is 23.5 Å². The number of phenols is 1. The van der Waals surface area contributed by atoms with Crippen molar-refractivity contribution < 1.29 is 14.6 Å². The molecule has 104 valence electrons. The molecule has 2 rings (SSSR count). The maximum Gasteiger partial charge on any atom is 0.148 e. The molecule has 0 unspecified atom stereocenters. The van der Waals surface area contributed by atoms with Crippen LogP contribution < -0.4 is 9.47 Å². The van der Waals surface area contributed by atoms with E-state index in [1.165, 1.54) is 12.3 Å². The average molecular weight is 292 g/mol. The molecule has 0 atom stereocenters. The van der Waals surface area contributed by atoms with E-state index in [1.54, 1.807) is 44.6 Å². The Morgan fingerprint density at radius 2 is 1.90 bits per heavy atom. The van der Waals surface area contributed by atoms with Crippen molar-refractivity contribution in [2.75, 3.05) is 14.2 Å². The van der Waals surface area contributed by atoms with E-state index in [2.05, 4.69) is 4.99 Å². The van der Waals surface area contributed by atoms with Crippen LogP contribution in [-0.4, -0.2) is 25.5 Å². The molecule has 0 saturated carbocycles. The van der Waals surface area contributed by atoms with Crippen LogP contribution in [0.2, 0.25) is 5.02 Å². The molecule has 2 aromatic carbocycles. The van der Waals surface area contributed by atoms with Gasteiger partial charge >= 0.3 is 0 Å². The number of rotatable bonds is 4. The van der Waals surface area contributed by atoms with E-state index in [9.17, 15) is 5.11 Å². The molecule has 0 aliphatic heterocycles. The quantitative estimate of drug-likeness (QED) is 0.871. The van der Waals surface area contributed by atoms with E-state index in [0.29, 0.717) is 27.8 Å². The van der Waals surface area contributed by atoms with Gasteiger partial charge in [0.25, 0.3) is 0 Å². The molecule has 20 heavy (non-hydrogen) atoms. The second-order valence-corrected chi connectivity index (χ2v) is 4.44. The molecule has 1 N–H and O–H groups in total. The van der Waals surface area contributed by atoms with Gasteiger partial charge in [-0.05, 0) is 30.3 Å². The normalized spacial score (nSPS) is 10.8. The van der Waals surface area contributed by atoms with Crippen LogP contribution in [-0.2, 0) is 0 Å². The van der Waals surface area contributed by atoms with Crippen molar-refractivity contribution in [2.45, 2.75) is 0 Å². The van der Waals surface area contributed by atoms with E-state index in [1.807, 2.05) is 0 Å². The number of aromatic hydroxyl groups is 1. The summed E-state index contributed by atoms with van der Waals surface area (Å²) in [6.07, 6.45) is 1.53. The third-order valence-electron chi connectivity index (χ3n) is 2.72. The Bertz CT molecular complexity index is 641. The fourth-order valence-corrected chi connectivity index (χ4v) is 1.84. The number of halogens is 1. The predicted octanol–water partition coefficient (Wildman–Crippen LogP) is 3.81. The van der Waals surface area contributed by atoms with Gasteiger partial charge in [-0.15, -0.1) is 0 Å².